The van der Waals surface area contributed by atoms with Gasteiger partial charge in [0.1, 0.15) is 5.60 Å². The van der Waals surface area contributed by atoms with E-state index in [2.05, 4.69) is 19.1 Å². The summed E-state index contributed by atoms with van der Waals surface area (Å²) in [5, 5.41) is 0. The van der Waals surface area contributed by atoms with E-state index in [1.54, 1.807) is 4.90 Å². The lowest BCUT2D eigenvalue weighted by atomic mass is 9.93. The Bertz CT molecular complexity index is 506. The monoisotopic (exact) mass is 276 g/mol. The molecule has 4 nitrogen and oxygen atoms in total. The van der Waals surface area contributed by atoms with Gasteiger partial charge in [-0.25, -0.2) is 4.79 Å². The average Bonchev–Trinajstić information content (AvgIpc) is 2.35. The van der Waals surface area contributed by atoms with E-state index >= 15 is 0 Å². The van der Waals surface area contributed by atoms with Gasteiger partial charge in [-0.15, -0.1) is 0 Å². The lowest BCUT2D eigenvalue weighted by Crippen LogP contribution is -2.45. The zero-order chi connectivity index (χ0) is 14.9. The van der Waals surface area contributed by atoms with Crippen molar-refractivity contribution in [3.05, 3.63) is 34.9 Å². The van der Waals surface area contributed by atoms with Gasteiger partial charge in [-0.05, 0) is 50.8 Å². The highest BCUT2D eigenvalue weighted by Gasteiger charge is 2.30. The van der Waals surface area contributed by atoms with Gasteiger partial charge in [0.2, 0.25) is 0 Å². The Morgan fingerprint density at radius 1 is 1.40 bits per heavy atom. The van der Waals surface area contributed by atoms with Gasteiger partial charge < -0.3 is 15.4 Å². The normalized spacial score (nSPS) is 18.6. The molecule has 0 fully saturated rings. The highest BCUT2D eigenvalue weighted by atomic mass is 16.6. The van der Waals surface area contributed by atoms with Crippen molar-refractivity contribution in [1.29, 1.82) is 0 Å². The number of hydrogen-bond donors (Lipinski definition) is 1. The molecule has 20 heavy (non-hydrogen) atoms. The zero-order valence-corrected chi connectivity index (χ0v) is 12.8. The average molecular weight is 276 g/mol. The van der Waals surface area contributed by atoms with Crippen LogP contribution in [-0.2, 0) is 24.2 Å². The molecule has 1 atom stereocenters. The van der Waals surface area contributed by atoms with Gasteiger partial charge in [0.25, 0.3) is 0 Å². The quantitative estimate of drug-likeness (QED) is 0.858. The third-order valence-electron chi connectivity index (χ3n) is 3.52. The topological polar surface area (TPSA) is 55.6 Å². The third-order valence-corrected chi connectivity index (χ3v) is 3.52. The predicted octanol–water partition coefficient (Wildman–Crippen LogP) is 2.83. The van der Waals surface area contributed by atoms with Gasteiger partial charge in [-0.2, -0.15) is 0 Å². The molecule has 0 bridgehead atoms. The van der Waals surface area contributed by atoms with E-state index in [0.717, 1.165) is 12.0 Å². The molecule has 0 aromatic heterocycles. The second-order valence-electron chi connectivity index (χ2n) is 6.47. The van der Waals surface area contributed by atoms with Crippen molar-refractivity contribution >= 4 is 6.09 Å². The first-order chi connectivity index (χ1) is 9.30. The fourth-order valence-electron chi connectivity index (χ4n) is 2.48. The fraction of sp³-hybridized carbons (Fsp3) is 0.562. The molecule has 0 saturated carbocycles. The van der Waals surface area contributed by atoms with Crippen LogP contribution in [0, 0.1) is 0 Å². The smallest absolute Gasteiger partial charge is 0.410 e. The van der Waals surface area contributed by atoms with Gasteiger partial charge in [0.15, 0.2) is 0 Å². The summed E-state index contributed by atoms with van der Waals surface area (Å²) in [5.41, 5.74) is 8.84. The molecule has 1 aliphatic heterocycles. The van der Waals surface area contributed by atoms with Gasteiger partial charge in [-0.1, -0.05) is 18.2 Å². The fourth-order valence-corrected chi connectivity index (χ4v) is 2.48. The first-order valence-electron chi connectivity index (χ1n) is 7.10. The number of nitrogens with two attached hydrogens (primary N) is 1. The summed E-state index contributed by atoms with van der Waals surface area (Å²) in [5.74, 6) is 0. The molecule has 2 rings (SSSR count). The van der Waals surface area contributed by atoms with E-state index in [1.807, 2.05) is 26.8 Å². The van der Waals surface area contributed by atoms with Crippen LogP contribution in [0.4, 0.5) is 4.79 Å². The summed E-state index contributed by atoms with van der Waals surface area (Å²) in [7, 11) is 0. The molecule has 0 radical (unpaired) electrons. The van der Waals surface area contributed by atoms with Crippen LogP contribution in [0.3, 0.4) is 0 Å². The Morgan fingerprint density at radius 3 is 2.70 bits per heavy atom. The second-order valence-corrected chi connectivity index (χ2v) is 6.47. The number of nitrogens with zero attached hydrogens (tertiary/aromatic N) is 1. The van der Waals surface area contributed by atoms with Gasteiger partial charge in [0, 0.05) is 19.1 Å². The second kappa shape index (κ2) is 5.44. The minimum Gasteiger partial charge on any atom is -0.444 e. The van der Waals surface area contributed by atoms with E-state index in [9.17, 15) is 4.79 Å². The molecule has 1 heterocycles. The van der Waals surface area contributed by atoms with Gasteiger partial charge >= 0.3 is 6.09 Å². The number of carbonyl (C=O) groups excluding carboxylic acids is 1. The van der Waals surface area contributed by atoms with Crippen LogP contribution in [0.25, 0.3) is 0 Å². The summed E-state index contributed by atoms with van der Waals surface area (Å²) in [6, 6.07) is 6.39. The van der Waals surface area contributed by atoms with Gasteiger partial charge in [-0.3, -0.25) is 0 Å². The Hall–Kier alpha value is -1.55. The summed E-state index contributed by atoms with van der Waals surface area (Å²) in [6.07, 6.45) is 0.612. The van der Waals surface area contributed by atoms with Crippen LogP contribution < -0.4 is 5.73 Å². The van der Waals surface area contributed by atoms with Crippen LogP contribution in [0.2, 0.25) is 0 Å². The summed E-state index contributed by atoms with van der Waals surface area (Å²) in [4.78, 5) is 14.0. The van der Waals surface area contributed by atoms with E-state index < -0.39 is 5.60 Å². The third kappa shape index (κ3) is 3.31. The maximum atomic E-state index is 12.2. The molecule has 1 amide bonds. The number of rotatable bonds is 1. The van der Waals surface area contributed by atoms with Crippen molar-refractivity contribution in [2.45, 2.75) is 58.8 Å². The summed E-state index contributed by atoms with van der Waals surface area (Å²) < 4.78 is 5.47. The van der Waals surface area contributed by atoms with Crippen molar-refractivity contribution < 1.29 is 9.53 Å². The molecule has 4 heteroatoms. The van der Waals surface area contributed by atoms with Gasteiger partial charge in [0.05, 0.1) is 0 Å². The molecule has 110 valence electrons. The van der Waals surface area contributed by atoms with Crippen LogP contribution in [-0.4, -0.2) is 22.6 Å². The van der Waals surface area contributed by atoms with Crippen molar-refractivity contribution in [3.8, 4) is 0 Å². The minimum atomic E-state index is -0.458. The molecular formula is C16H24N2O2. The minimum absolute atomic E-state index is 0.144. The lowest BCUT2D eigenvalue weighted by Gasteiger charge is -2.36. The maximum Gasteiger partial charge on any atom is 0.410 e. The predicted molar refractivity (Wildman–Crippen MR) is 79.3 cm³/mol. The van der Waals surface area contributed by atoms with Crippen molar-refractivity contribution in [1.82, 2.24) is 4.90 Å². The molecule has 0 aliphatic carbocycles. The molecule has 0 saturated heterocycles. The number of amides is 1. The van der Waals surface area contributed by atoms with Crippen LogP contribution >= 0.6 is 0 Å². The molecule has 1 aromatic rings. The van der Waals surface area contributed by atoms with Crippen LogP contribution in [0.1, 0.15) is 44.4 Å². The maximum absolute atomic E-state index is 12.2. The first-order valence-corrected chi connectivity index (χ1v) is 7.10. The van der Waals surface area contributed by atoms with E-state index in [-0.39, 0.29) is 12.1 Å². The highest BCUT2D eigenvalue weighted by molar-refractivity contribution is 5.69. The SMILES string of the molecule is CC1Cc2cc(CN)ccc2CN1C(=O)OC(C)(C)C. The summed E-state index contributed by atoms with van der Waals surface area (Å²) >= 11 is 0. The van der Waals surface area contributed by atoms with Crippen LogP contribution in [0.5, 0.6) is 0 Å². The Balaban J connectivity index is 2.17. The number of carbonyl (C=O) groups is 1. The highest BCUT2D eigenvalue weighted by Crippen LogP contribution is 2.26. The Labute approximate surface area is 120 Å². The molecule has 2 N–H and O–H groups in total. The zero-order valence-electron chi connectivity index (χ0n) is 12.8. The Kier molecular flexibility index (Phi) is 4.04. The molecule has 1 unspecified atom stereocenters. The van der Waals surface area contributed by atoms with E-state index in [0.29, 0.717) is 13.1 Å². The number of hydrogen-bond acceptors (Lipinski definition) is 3. The van der Waals surface area contributed by atoms with E-state index in [1.165, 1.54) is 11.1 Å². The van der Waals surface area contributed by atoms with Crippen molar-refractivity contribution in [3.63, 3.8) is 0 Å². The first kappa shape index (κ1) is 14.9. The molecule has 1 aliphatic rings. The Morgan fingerprint density at radius 2 is 2.10 bits per heavy atom. The molecule has 0 spiro atoms. The van der Waals surface area contributed by atoms with Crippen molar-refractivity contribution in [2.24, 2.45) is 5.73 Å². The lowest BCUT2D eigenvalue weighted by molar-refractivity contribution is 0.0138. The molecular weight excluding hydrogens is 252 g/mol. The largest absolute Gasteiger partial charge is 0.444 e. The standard InChI is InChI=1S/C16H24N2O2/c1-11-7-14-8-12(9-17)5-6-13(14)10-18(11)15(19)20-16(2,3)4/h5-6,8,11H,7,9-10,17H2,1-4H3. The number of ether oxygens (including phenoxy) is 1. The number of benzene rings is 1. The molecule has 1 aromatic carbocycles. The van der Waals surface area contributed by atoms with Crippen LogP contribution in [0.15, 0.2) is 18.2 Å². The number of fused-ring (bicyclic) bond motifs is 1. The van der Waals surface area contributed by atoms with E-state index in [4.69, 9.17) is 10.5 Å². The summed E-state index contributed by atoms with van der Waals surface area (Å²) in [6.45, 7) is 8.89. The van der Waals surface area contributed by atoms with Crippen molar-refractivity contribution in [2.75, 3.05) is 0 Å².